The van der Waals surface area contributed by atoms with Crippen molar-refractivity contribution in [1.82, 2.24) is 14.7 Å². The standard InChI is InChI=1S/C19H20F3N3O3/c1-11-7-8-24(10-12(11)2)17(26)13-3-5-14(6-4-13)25-16(19(20,21)22)15(9-23-25)18(27)28/h3-6,9,11-12H,7-8,10H2,1-2H3,(H,27,28). The Morgan fingerprint density at radius 1 is 1.14 bits per heavy atom. The Labute approximate surface area is 159 Å². The third-order valence-corrected chi connectivity index (χ3v) is 5.25. The minimum atomic E-state index is -4.89. The van der Waals surface area contributed by atoms with E-state index in [9.17, 15) is 22.8 Å². The number of benzene rings is 1. The lowest BCUT2D eigenvalue weighted by atomic mass is 9.88. The van der Waals surface area contributed by atoms with Crippen LogP contribution in [0.5, 0.6) is 0 Å². The molecule has 1 aromatic carbocycles. The number of carbonyl (C=O) groups excluding carboxylic acids is 1. The van der Waals surface area contributed by atoms with Crippen molar-refractivity contribution in [1.29, 1.82) is 0 Å². The van der Waals surface area contributed by atoms with Crippen LogP contribution in [-0.2, 0) is 6.18 Å². The molecular formula is C19H20F3N3O3. The summed E-state index contributed by atoms with van der Waals surface area (Å²) >= 11 is 0. The fraction of sp³-hybridized carbons (Fsp3) is 0.421. The fourth-order valence-corrected chi connectivity index (χ4v) is 3.35. The van der Waals surface area contributed by atoms with Crippen molar-refractivity contribution in [3.63, 3.8) is 0 Å². The average Bonchev–Trinajstić information content (AvgIpc) is 3.09. The van der Waals surface area contributed by atoms with Gasteiger partial charge in [-0.15, -0.1) is 0 Å². The molecule has 0 saturated carbocycles. The van der Waals surface area contributed by atoms with Crippen LogP contribution in [0.2, 0.25) is 0 Å². The van der Waals surface area contributed by atoms with Gasteiger partial charge in [-0.3, -0.25) is 4.79 Å². The van der Waals surface area contributed by atoms with E-state index in [1.807, 2.05) is 0 Å². The Kier molecular flexibility index (Phi) is 5.18. The van der Waals surface area contributed by atoms with Crippen molar-refractivity contribution >= 4 is 11.9 Å². The van der Waals surface area contributed by atoms with Gasteiger partial charge in [-0.1, -0.05) is 13.8 Å². The Morgan fingerprint density at radius 3 is 2.32 bits per heavy atom. The molecule has 2 atom stereocenters. The van der Waals surface area contributed by atoms with Crippen molar-refractivity contribution < 1.29 is 27.9 Å². The van der Waals surface area contributed by atoms with E-state index in [1.54, 1.807) is 4.90 Å². The summed E-state index contributed by atoms with van der Waals surface area (Å²) < 4.78 is 40.5. The molecule has 1 aliphatic heterocycles. The van der Waals surface area contributed by atoms with Crippen LogP contribution in [0, 0.1) is 11.8 Å². The zero-order chi connectivity index (χ0) is 20.6. The van der Waals surface area contributed by atoms with Gasteiger partial charge in [0.25, 0.3) is 5.91 Å². The van der Waals surface area contributed by atoms with E-state index in [2.05, 4.69) is 18.9 Å². The van der Waals surface area contributed by atoms with Gasteiger partial charge in [0.2, 0.25) is 0 Å². The summed E-state index contributed by atoms with van der Waals surface area (Å²) in [5, 5.41) is 12.6. The van der Waals surface area contributed by atoms with Gasteiger partial charge in [-0.05, 0) is 42.5 Å². The molecule has 1 aromatic heterocycles. The van der Waals surface area contributed by atoms with E-state index in [1.165, 1.54) is 24.3 Å². The summed E-state index contributed by atoms with van der Waals surface area (Å²) in [6, 6.07) is 5.53. The Balaban J connectivity index is 1.88. The molecule has 150 valence electrons. The number of carboxylic acid groups (broad SMARTS) is 1. The summed E-state index contributed by atoms with van der Waals surface area (Å²) in [6.45, 7) is 5.52. The first kappa shape index (κ1) is 19.9. The highest BCUT2D eigenvalue weighted by atomic mass is 19.4. The lowest BCUT2D eigenvalue weighted by Crippen LogP contribution is -2.42. The minimum absolute atomic E-state index is 0.0250. The third-order valence-electron chi connectivity index (χ3n) is 5.25. The third kappa shape index (κ3) is 3.74. The Hall–Kier alpha value is -2.84. The smallest absolute Gasteiger partial charge is 0.434 e. The lowest BCUT2D eigenvalue weighted by Gasteiger charge is -2.35. The summed E-state index contributed by atoms with van der Waals surface area (Å²) in [5.41, 5.74) is -1.90. The van der Waals surface area contributed by atoms with Crippen molar-refractivity contribution in [2.24, 2.45) is 11.8 Å². The highest BCUT2D eigenvalue weighted by Crippen LogP contribution is 2.33. The lowest BCUT2D eigenvalue weighted by molar-refractivity contribution is -0.143. The first-order chi connectivity index (χ1) is 13.1. The summed E-state index contributed by atoms with van der Waals surface area (Å²) in [4.78, 5) is 25.5. The molecule has 0 spiro atoms. The van der Waals surface area contributed by atoms with Crippen molar-refractivity contribution in [3.8, 4) is 5.69 Å². The van der Waals surface area contributed by atoms with E-state index in [0.717, 1.165) is 6.42 Å². The van der Waals surface area contributed by atoms with Crippen LogP contribution in [0.4, 0.5) is 13.2 Å². The van der Waals surface area contributed by atoms with Gasteiger partial charge < -0.3 is 10.0 Å². The second-order valence-corrected chi connectivity index (χ2v) is 7.16. The molecule has 2 aromatic rings. The zero-order valence-electron chi connectivity index (χ0n) is 15.4. The fourth-order valence-electron chi connectivity index (χ4n) is 3.35. The maximum atomic E-state index is 13.3. The number of aromatic carboxylic acids is 1. The van der Waals surface area contributed by atoms with E-state index >= 15 is 0 Å². The van der Waals surface area contributed by atoms with Gasteiger partial charge in [-0.2, -0.15) is 18.3 Å². The molecule has 1 saturated heterocycles. The molecular weight excluding hydrogens is 375 g/mol. The maximum Gasteiger partial charge on any atom is 0.434 e. The highest BCUT2D eigenvalue weighted by molar-refractivity contribution is 5.94. The molecule has 0 aliphatic carbocycles. The predicted octanol–water partition coefficient (Wildman–Crippen LogP) is 3.71. The number of likely N-dealkylation sites (tertiary alicyclic amines) is 1. The number of hydrogen-bond acceptors (Lipinski definition) is 3. The van der Waals surface area contributed by atoms with Crippen LogP contribution < -0.4 is 0 Å². The minimum Gasteiger partial charge on any atom is -0.478 e. The van der Waals surface area contributed by atoms with Gasteiger partial charge in [0.15, 0.2) is 5.69 Å². The average molecular weight is 395 g/mol. The molecule has 9 heteroatoms. The Bertz CT molecular complexity index is 890. The monoisotopic (exact) mass is 395 g/mol. The zero-order valence-corrected chi connectivity index (χ0v) is 15.4. The van der Waals surface area contributed by atoms with Crippen LogP contribution in [0.25, 0.3) is 5.69 Å². The number of aromatic nitrogens is 2. The second kappa shape index (κ2) is 7.29. The molecule has 2 heterocycles. The molecule has 0 radical (unpaired) electrons. The molecule has 1 amide bonds. The molecule has 28 heavy (non-hydrogen) atoms. The number of rotatable bonds is 3. The summed E-state index contributed by atoms with van der Waals surface area (Å²) in [5.74, 6) is -0.966. The maximum absolute atomic E-state index is 13.3. The molecule has 6 nitrogen and oxygen atoms in total. The molecule has 3 rings (SSSR count). The molecule has 1 fully saturated rings. The number of carboxylic acids is 1. The van der Waals surface area contributed by atoms with Crippen LogP contribution in [0.1, 0.15) is 46.7 Å². The highest BCUT2D eigenvalue weighted by Gasteiger charge is 2.40. The van der Waals surface area contributed by atoms with E-state index in [0.29, 0.717) is 41.4 Å². The topological polar surface area (TPSA) is 75.4 Å². The predicted molar refractivity (Wildman–Crippen MR) is 94.4 cm³/mol. The van der Waals surface area contributed by atoms with Crippen molar-refractivity contribution in [2.75, 3.05) is 13.1 Å². The number of alkyl halides is 3. The van der Waals surface area contributed by atoms with Gasteiger partial charge in [-0.25, -0.2) is 9.48 Å². The number of hydrogen-bond donors (Lipinski definition) is 1. The quantitative estimate of drug-likeness (QED) is 0.860. The molecule has 1 aliphatic rings. The SMILES string of the molecule is CC1CCN(C(=O)c2ccc(-n3ncc(C(=O)O)c3C(F)(F)F)cc2)CC1C. The van der Waals surface area contributed by atoms with Crippen molar-refractivity contribution in [2.45, 2.75) is 26.4 Å². The summed E-state index contributed by atoms with van der Waals surface area (Å²) in [7, 11) is 0. The van der Waals surface area contributed by atoms with Gasteiger partial charge in [0.1, 0.15) is 5.56 Å². The number of nitrogens with zero attached hydrogens (tertiary/aromatic N) is 3. The van der Waals surface area contributed by atoms with Crippen molar-refractivity contribution in [3.05, 3.63) is 47.3 Å². The first-order valence-corrected chi connectivity index (χ1v) is 8.87. The first-order valence-electron chi connectivity index (χ1n) is 8.87. The van der Waals surface area contributed by atoms with Crippen LogP contribution in [0.3, 0.4) is 0 Å². The molecule has 2 unspecified atom stereocenters. The normalized spacial score (nSPS) is 20.2. The van der Waals surface area contributed by atoms with Crippen LogP contribution >= 0.6 is 0 Å². The van der Waals surface area contributed by atoms with E-state index in [-0.39, 0.29) is 11.6 Å². The van der Waals surface area contributed by atoms with E-state index in [4.69, 9.17) is 5.11 Å². The van der Waals surface area contributed by atoms with Crippen LogP contribution in [-0.4, -0.2) is 44.8 Å². The largest absolute Gasteiger partial charge is 0.478 e. The van der Waals surface area contributed by atoms with Gasteiger partial charge in [0.05, 0.1) is 11.9 Å². The number of halogens is 3. The van der Waals surface area contributed by atoms with Crippen LogP contribution in [0.15, 0.2) is 30.5 Å². The molecule has 1 N–H and O–H groups in total. The number of piperidine rings is 1. The second-order valence-electron chi connectivity index (χ2n) is 7.16. The number of carbonyl (C=O) groups is 2. The Morgan fingerprint density at radius 2 is 1.79 bits per heavy atom. The summed E-state index contributed by atoms with van der Waals surface area (Å²) in [6.07, 6.45) is -3.31. The molecule has 0 bridgehead atoms. The van der Waals surface area contributed by atoms with E-state index < -0.39 is 23.4 Å². The van der Waals surface area contributed by atoms with Gasteiger partial charge >= 0.3 is 12.1 Å². The number of amides is 1. The van der Waals surface area contributed by atoms with Gasteiger partial charge in [0, 0.05) is 18.7 Å².